The first kappa shape index (κ1) is 20.2. The van der Waals surface area contributed by atoms with Gasteiger partial charge in [-0.1, -0.05) is 31.5 Å². The number of nitrogens with one attached hydrogen (secondary N) is 1. The summed E-state index contributed by atoms with van der Waals surface area (Å²) >= 11 is 0. The summed E-state index contributed by atoms with van der Waals surface area (Å²) in [6.07, 6.45) is 2.32. The van der Waals surface area contributed by atoms with Crippen molar-refractivity contribution in [2.24, 2.45) is 5.73 Å². The Kier molecular flexibility index (Phi) is 7.95. The maximum absolute atomic E-state index is 12.0. The molecule has 2 rings (SSSR count). The van der Waals surface area contributed by atoms with Gasteiger partial charge in [-0.05, 0) is 38.5 Å². The Balaban J connectivity index is 0.00000288. The number of amides is 1. The number of nitrogens with two attached hydrogens (primary N) is 1. The molecule has 0 spiro atoms. The van der Waals surface area contributed by atoms with Crippen LogP contribution in [0, 0.1) is 6.92 Å². The summed E-state index contributed by atoms with van der Waals surface area (Å²) in [4.78, 5) is 12.0. The van der Waals surface area contributed by atoms with Crippen LogP contribution in [0.4, 0.5) is 0 Å². The van der Waals surface area contributed by atoms with Gasteiger partial charge in [0.15, 0.2) is 0 Å². The molecule has 2 aromatic rings. The summed E-state index contributed by atoms with van der Waals surface area (Å²) in [7, 11) is 0. The molecule has 0 radical (unpaired) electrons. The third kappa shape index (κ3) is 5.35. The van der Waals surface area contributed by atoms with Crippen LogP contribution < -0.4 is 11.1 Å². The Bertz CT molecular complexity index is 642. The van der Waals surface area contributed by atoms with Crippen molar-refractivity contribution in [2.45, 2.75) is 52.1 Å². The summed E-state index contributed by atoms with van der Waals surface area (Å²) in [5, 5.41) is 7.55. The molecule has 0 saturated carbocycles. The van der Waals surface area contributed by atoms with E-state index in [1.165, 1.54) is 0 Å². The molecular weight excluding hydrogens is 324 g/mol. The van der Waals surface area contributed by atoms with Crippen LogP contribution in [0.25, 0.3) is 5.69 Å². The number of hydrogen-bond acceptors (Lipinski definition) is 3. The van der Waals surface area contributed by atoms with Crippen LogP contribution in [0.2, 0.25) is 0 Å². The second-order valence-electron chi connectivity index (χ2n) is 6.03. The average molecular weight is 351 g/mol. The number of para-hydroxylation sites is 1. The fourth-order valence-electron chi connectivity index (χ4n) is 2.65. The van der Waals surface area contributed by atoms with Gasteiger partial charge in [0.05, 0.1) is 17.4 Å². The highest BCUT2D eigenvalue weighted by Crippen LogP contribution is 2.14. The van der Waals surface area contributed by atoms with Gasteiger partial charge in [-0.15, -0.1) is 12.4 Å². The van der Waals surface area contributed by atoms with Gasteiger partial charge in [-0.3, -0.25) is 4.79 Å². The van der Waals surface area contributed by atoms with Crippen LogP contribution in [-0.2, 0) is 11.2 Å². The van der Waals surface area contributed by atoms with Crippen molar-refractivity contribution in [1.29, 1.82) is 0 Å². The molecule has 132 valence electrons. The van der Waals surface area contributed by atoms with Crippen LogP contribution in [0.1, 0.15) is 38.1 Å². The molecule has 1 aromatic heterocycles. The lowest BCUT2D eigenvalue weighted by atomic mass is 10.1. The smallest absolute Gasteiger partial charge is 0.237 e. The SMILES string of the molecule is CCCC(N)C(=O)NC(C)Cc1cc(C)nn1-c1ccccc1.Cl. The van der Waals surface area contributed by atoms with E-state index < -0.39 is 6.04 Å². The third-order valence-electron chi connectivity index (χ3n) is 3.75. The summed E-state index contributed by atoms with van der Waals surface area (Å²) in [6, 6.07) is 11.6. The van der Waals surface area contributed by atoms with Crippen molar-refractivity contribution in [1.82, 2.24) is 15.1 Å². The second-order valence-corrected chi connectivity index (χ2v) is 6.03. The molecular formula is C18H27ClN4O. The zero-order chi connectivity index (χ0) is 16.8. The van der Waals surface area contributed by atoms with Gasteiger partial charge >= 0.3 is 0 Å². The normalized spacial score (nSPS) is 13.0. The molecule has 0 aliphatic rings. The number of halogens is 1. The number of aromatic nitrogens is 2. The molecule has 3 N–H and O–H groups in total. The number of carbonyl (C=O) groups is 1. The molecule has 1 aromatic carbocycles. The number of hydrogen-bond donors (Lipinski definition) is 2. The number of nitrogens with zero attached hydrogens (tertiary/aromatic N) is 2. The minimum absolute atomic E-state index is 0. The third-order valence-corrected chi connectivity index (χ3v) is 3.75. The maximum Gasteiger partial charge on any atom is 0.237 e. The van der Waals surface area contributed by atoms with Gasteiger partial charge in [0.2, 0.25) is 5.91 Å². The minimum Gasteiger partial charge on any atom is -0.352 e. The Morgan fingerprint density at radius 3 is 2.62 bits per heavy atom. The van der Waals surface area contributed by atoms with Crippen molar-refractivity contribution in [2.75, 3.05) is 0 Å². The molecule has 2 unspecified atom stereocenters. The molecule has 0 fully saturated rings. The quantitative estimate of drug-likeness (QED) is 0.806. The molecule has 6 heteroatoms. The first-order valence-electron chi connectivity index (χ1n) is 8.18. The van der Waals surface area contributed by atoms with Gasteiger partial charge < -0.3 is 11.1 Å². The highest BCUT2D eigenvalue weighted by molar-refractivity contribution is 5.85. The second kappa shape index (κ2) is 9.45. The lowest BCUT2D eigenvalue weighted by molar-refractivity contribution is -0.123. The van der Waals surface area contributed by atoms with E-state index in [1.807, 2.05) is 55.8 Å². The summed E-state index contributed by atoms with van der Waals surface area (Å²) in [5.41, 5.74) is 8.93. The van der Waals surface area contributed by atoms with Crippen molar-refractivity contribution < 1.29 is 4.79 Å². The number of aryl methyl sites for hydroxylation is 1. The zero-order valence-corrected chi connectivity index (χ0v) is 15.3. The topological polar surface area (TPSA) is 72.9 Å². The van der Waals surface area contributed by atoms with E-state index in [9.17, 15) is 4.79 Å². The average Bonchev–Trinajstić information content (AvgIpc) is 2.88. The standard InChI is InChI=1S/C18H26N4O.ClH/c1-4-8-17(19)18(23)20-13(2)11-16-12-14(3)21-22(16)15-9-6-5-7-10-15;/h5-7,9-10,12-13,17H,4,8,11,19H2,1-3H3,(H,20,23);1H. The molecule has 0 aliphatic heterocycles. The Hall–Kier alpha value is -1.85. The van der Waals surface area contributed by atoms with Crippen LogP contribution in [0.15, 0.2) is 36.4 Å². The lowest BCUT2D eigenvalue weighted by Gasteiger charge is -2.18. The predicted molar refractivity (Wildman–Crippen MR) is 99.7 cm³/mol. The van der Waals surface area contributed by atoms with Gasteiger partial charge in [-0.25, -0.2) is 4.68 Å². The monoisotopic (exact) mass is 350 g/mol. The molecule has 5 nitrogen and oxygen atoms in total. The van der Waals surface area contributed by atoms with Crippen LogP contribution in [0.5, 0.6) is 0 Å². The number of carbonyl (C=O) groups excluding carboxylic acids is 1. The van der Waals surface area contributed by atoms with E-state index in [4.69, 9.17) is 5.73 Å². The van der Waals surface area contributed by atoms with E-state index in [2.05, 4.69) is 16.5 Å². The van der Waals surface area contributed by atoms with Gasteiger partial charge in [0.25, 0.3) is 0 Å². The van der Waals surface area contributed by atoms with Crippen LogP contribution in [-0.4, -0.2) is 27.8 Å². The molecule has 0 bridgehead atoms. The fourth-order valence-corrected chi connectivity index (χ4v) is 2.65. The number of rotatable bonds is 7. The van der Waals surface area contributed by atoms with Crippen LogP contribution >= 0.6 is 12.4 Å². The van der Waals surface area contributed by atoms with Crippen LogP contribution in [0.3, 0.4) is 0 Å². The van der Waals surface area contributed by atoms with Crippen molar-refractivity contribution in [3.05, 3.63) is 47.8 Å². The highest BCUT2D eigenvalue weighted by Gasteiger charge is 2.17. The van der Waals surface area contributed by atoms with E-state index in [0.29, 0.717) is 12.8 Å². The molecule has 0 saturated heterocycles. The Labute approximate surface area is 150 Å². The molecule has 1 amide bonds. The first-order chi connectivity index (χ1) is 11.0. The zero-order valence-electron chi connectivity index (χ0n) is 14.5. The van der Waals surface area contributed by atoms with Crippen molar-refractivity contribution in [3.8, 4) is 5.69 Å². The maximum atomic E-state index is 12.0. The Morgan fingerprint density at radius 1 is 1.33 bits per heavy atom. The molecule has 1 heterocycles. The van der Waals surface area contributed by atoms with Crippen molar-refractivity contribution in [3.63, 3.8) is 0 Å². The lowest BCUT2D eigenvalue weighted by Crippen LogP contribution is -2.45. The van der Waals surface area contributed by atoms with E-state index in [0.717, 1.165) is 23.5 Å². The summed E-state index contributed by atoms with van der Waals surface area (Å²) in [6.45, 7) is 6.00. The Morgan fingerprint density at radius 2 is 2.00 bits per heavy atom. The first-order valence-corrected chi connectivity index (χ1v) is 8.18. The largest absolute Gasteiger partial charge is 0.352 e. The summed E-state index contributed by atoms with van der Waals surface area (Å²) in [5.74, 6) is -0.0816. The van der Waals surface area contributed by atoms with E-state index >= 15 is 0 Å². The van der Waals surface area contributed by atoms with Gasteiger partial charge in [-0.2, -0.15) is 5.10 Å². The predicted octanol–water partition coefficient (Wildman–Crippen LogP) is 2.78. The van der Waals surface area contributed by atoms with Crippen molar-refractivity contribution >= 4 is 18.3 Å². The van der Waals surface area contributed by atoms with E-state index in [-0.39, 0.29) is 24.4 Å². The van der Waals surface area contributed by atoms with E-state index in [1.54, 1.807) is 0 Å². The minimum atomic E-state index is -0.428. The molecule has 2 atom stereocenters. The summed E-state index contributed by atoms with van der Waals surface area (Å²) < 4.78 is 1.93. The van der Waals surface area contributed by atoms with Gasteiger partial charge in [0, 0.05) is 18.2 Å². The molecule has 0 aliphatic carbocycles. The molecule has 24 heavy (non-hydrogen) atoms. The fraction of sp³-hybridized carbons (Fsp3) is 0.444. The number of benzene rings is 1. The highest BCUT2D eigenvalue weighted by atomic mass is 35.5. The van der Waals surface area contributed by atoms with Gasteiger partial charge in [0.1, 0.15) is 0 Å².